The monoisotopic (exact) mass is 263 g/mol. The zero-order chi connectivity index (χ0) is 13.9. The van der Waals surface area contributed by atoms with Crippen molar-refractivity contribution in [2.45, 2.75) is 6.92 Å². The molecule has 0 aliphatic heterocycles. The smallest absolute Gasteiger partial charge is 0.276 e. The first kappa shape index (κ1) is 12.3. The molecule has 1 N–H and O–H groups in total. The summed E-state index contributed by atoms with van der Waals surface area (Å²) in [6, 6.07) is 13.3. The number of hydrogen-bond acceptors (Lipinski definition) is 3. The molecule has 0 radical (unpaired) electrons. The van der Waals surface area contributed by atoms with Gasteiger partial charge in [-0.15, -0.1) is 0 Å². The van der Waals surface area contributed by atoms with Crippen LogP contribution in [-0.2, 0) is 0 Å². The van der Waals surface area contributed by atoms with Crippen molar-refractivity contribution in [3.63, 3.8) is 0 Å². The van der Waals surface area contributed by atoms with Crippen molar-refractivity contribution in [3.8, 4) is 22.6 Å². The van der Waals surface area contributed by atoms with Crippen LogP contribution in [0.5, 0.6) is 0 Å². The molecule has 20 heavy (non-hydrogen) atoms. The van der Waals surface area contributed by atoms with E-state index in [0.717, 1.165) is 16.8 Å². The van der Waals surface area contributed by atoms with Crippen molar-refractivity contribution in [1.82, 2.24) is 15.0 Å². The van der Waals surface area contributed by atoms with E-state index in [1.54, 1.807) is 19.3 Å². The van der Waals surface area contributed by atoms with Gasteiger partial charge in [0, 0.05) is 29.1 Å². The van der Waals surface area contributed by atoms with Gasteiger partial charge in [0.25, 0.3) is 5.56 Å². The molecule has 98 valence electrons. The number of pyridine rings is 1. The third-order valence-electron chi connectivity index (χ3n) is 3.17. The maximum absolute atomic E-state index is 12.1. The van der Waals surface area contributed by atoms with Crippen LogP contribution >= 0.6 is 0 Å². The molecule has 0 unspecified atom stereocenters. The number of nitrogens with zero attached hydrogens (tertiary/aromatic N) is 2. The third kappa shape index (κ3) is 2.23. The Morgan fingerprint density at radius 1 is 0.950 bits per heavy atom. The van der Waals surface area contributed by atoms with Crippen molar-refractivity contribution in [1.29, 1.82) is 0 Å². The molecule has 0 aliphatic rings. The molecule has 0 spiro atoms. The molecule has 0 saturated carbocycles. The molecular weight excluding hydrogens is 250 g/mol. The Kier molecular flexibility index (Phi) is 3.13. The number of benzene rings is 1. The number of rotatable bonds is 2. The van der Waals surface area contributed by atoms with E-state index in [4.69, 9.17) is 0 Å². The second-order valence-corrected chi connectivity index (χ2v) is 4.49. The summed E-state index contributed by atoms with van der Waals surface area (Å²) in [4.78, 5) is 23.4. The zero-order valence-corrected chi connectivity index (χ0v) is 11.0. The van der Waals surface area contributed by atoms with Crippen molar-refractivity contribution >= 4 is 0 Å². The molecule has 0 aliphatic carbocycles. The number of hydrogen-bond donors (Lipinski definition) is 1. The first-order valence-corrected chi connectivity index (χ1v) is 6.32. The highest BCUT2D eigenvalue weighted by atomic mass is 16.1. The van der Waals surface area contributed by atoms with Crippen molar-refractivity contribution in [2.75, 3.05) is 0 Å². The van der Waals surface area contributed by atoms with Crippen LogP contribution in [0.2, 0.25) is 0 Å². The molecule has 1 aromatic carbocycles. The third-order valence-corrected chi connectivity index (χ3v) is 3.17. The summed E-state index contributed by atoms with van der Waals surface area (Å²) < 4.78 is 0. The van der Waals surface area contributed by atoms with Gasteiger partial charge in [0.05, 0.1) is 5.69 Å². The fraction of sp³-hybridized carbons (Fsp3) is 0.0625. The number of aromatic nitrogens is 3. The molecule has 0 bridgehead atoms. The summed E-state index contributed by atoms with van der Waals surface area (Å²) >= 11 is 0. The topological polar surface area (TPSA) is 58.6 Å². The van der Waals surface area contributed by atoms with Gasteiger partial charge in [-0.1, -0.05) is 30.3 Å². The summed E-state index contributed by atoms with van der Waals surface area (Å²) in [7, 11) is 0. The van der Waals surface area contributed by atoms with Crippen LogP contribution in [0.4, 0.5) is 0 Å². The van der Waals surface area contributed by atoms with E-state index in [1.807, 2.05) is 42.5 Å². The quantitative estimate of drug-likeness (QED) is 0.773. The Balaban J connectivity index is 2.22. The molecular formula is C16H13N3O. The minimum atomic E-state index is -0.214. The predicted molar refractivity (Wildman–Crippen MR) is 78.3 cm³/mol. The summed E-state index contributed by atoms with van der Waals surface area (Å²) in [6.07, 6.45) is 3.41. The second kappa shape index (κ2) is 5.09. The number of nitrogens with one attached hydrogen (secondary N) is 1. The van der Waals surface area contributed by atoms with Gasteiger partial charge in [-0.2, -0.15) is 4.98 Å². The van der Waals surface area contributed by atoms with E-state index in [-0.39, 0.29) is 5.56 Å². The molecule has 0 atom stereocenters. The summed E-state index contributed by atoms with van der Waals surface area (Å²) in [5.41, 5.74) is 2.99. The van der Waals surface area contributed by atoms with E-state index in [1.165, 1.54) is 0 Å². The van der Waals surface area contributed by atoms with Gasteiger partial charge >= 0.3 is 0 Å². The average molecular weight is 263 g/mol. The summed E-state index contributed by atoms with van der Waals surface area (Å²) in [5.74, 6) is 0.577. The number of aromatic amines is 1. The minimum Gasteiger partial charge on any atom is -0.339 e. The maximum atomic E-state index is 12.1. The van der Waals surface area contributed by atoms with Gasteiger partial charge in [-0.25, -0.2) is 0 Å². The Morgan fingerprint density at radius 3 is 2.35 bits per heavy atom. The van der Waals surface area contributed by atoms with Crippen molar-refractivity contribution < 1.29 is 0 Å². The van der Waals surface area contributed by atoms with Crippen LogP contribution in [0.15, 0.2) is 59.7 Å². The van der Waals surface area contributed by atoms with Crippen LogP contribution < -0.4 is 5.56 Å². The standard InChI is InChI=1S/C16H13N3O/c1-11-14(12-7-9-17-10-8-12)18-15(19-16(11)20)13-5-3-2-4-6-13/h2-10H,1H3,(H,18,19,20). The van der Waals surface area contributed by atoms with E-state index in [2.05, 4.69) is 15.0 Å². The van der Waals surface area contributed by atoms with Crippen LogP contribution in [0, 0.1) is 6.92 Å². The SMILES string of the molecule is Cc1c(-c2ccncc2)[nH]c(-c2ccccc2)nc1=O. The van der Waals surface area contributed by atoms with Gasteiger partial charge in [0.2, 0.25) is 0 Å². The molecule has 0 amide bonds. The van der Waals surface area contributed by atoms with Crippen LogP contribution in [0.25, 0.3) is 22.6 Å². The van der Waals surface area contributed by atoms with E-state index in [0.29, 0.717) is 11.4 Å². The molecule has 3 aromatic rings. The highest BCUT2D eigenvalue weighted by Crippen LogP contribution is 2.21. The molecule has 3 rings (SSSR count). The minimum absolute atomic E-state index is 0.214. The lowest BCUT2D eigenvalue weighted by Gasteiger charge is -2.08. The summed E-state index contributed by atoms with van der Waals surface area (Å²) in [6.45, 7) is 1.77. The molecule has 2 heterocycles. The Hall–Kier alpha value is -2.75. The van der Waals surface area contributed by atoms with Gasteiger partial charge in [-0.05, 0) is 19.1 Å². The Labute approximate surface area is 116 Å². The Morgan fingerprint density at radius 2 is 1.65 bits per heavy atom. The molecule has 2 aromatic heterocycles. The van der Waals surface area contributed by atoms with Crippen LogP contribution in [0.1, 0.15) is 5.56 Å². The fourth-order valence-corrected chi connectivity index (χ4v) is 2.07. The predicted octanol–water partition coefficient (Wildman–Crippen LogP) is 2.81. The molecule has 4 nitrogen and oxygen atoms in total. The Bertz CT molecular complexity index is 780. The largest absolute Gasteiger partial charge is 0.339 e. The molecule has 0 saturated heterocycles. The van der Waals surface area contributed by atoms with Gasteiger partial charge in [-0.3, -0.25) is 9.78 Å². The van der Waals surface area contributed by atoms with E-state index in [9.17, 15) is 4.79 Å². The lowest BCUT2D eigenvalue weighted by atomic mass is 10.1. The molecule has 0 fully saturated rings. The maximum Gasteiger partial charge on any atom is 0.276 e. The first-order chi connectivity index (χ1) is 9.75. The number of H-pyrrole nitrogens is 1. The van der Waals surface area contributed by atoms with Crippen molar-refractivity contribution in [3.05, 3.63) is 70.8 Å². The fourth-order valence-electron chi connectivity index (χ4n) is 2.07. The zero-order valence-electron chi connectivity index (χ0n) is 11.0. The van der Waals surface area contributed by atoms with Gasteiger partial charge < -0.3 is 4.98 Å². The normalized spacial score (nSPS) is 10.4. The average Bonchev–Trinajstić information content (AvgIpc) is 2.51. The van der Waals surface area contributed by atoms with Gasteiger partial charge in [0.15, 0.2) is 0 Å². The van der Waals surface area contributed by atoms with Crippen LogP contribution in [-0.4, -0.2) is 15.0 Å². The molecule has 4 heteroatoms. The first-order valence-electron chi connectivity index (χ1n) is 6.32. The second-order valence-electron chi connectivity index (χ2n) is 4.49. The van der Waals surface area contributed by atoms with Crippen molar-refractivity contribution in [2.24, 2.45) is 0 Å². The highest BCUT2D eigenvalue weighted by molar-refractivity contribution is 5.65. The van der Waals surface area contributed by atoms with E-state index >= 15 is 0 Å². The summed E-state index contributed by atoms with van der Waals surface area (Å²) in [5, 5.41) is 0. The highest BCUT2D eigenvalue weighted by Gasteiger charge is 2.10. The van der Waals surface area contributed by atoms with Gasteiger partial charge in [0.1, 0.15) is 5.82 Å². The lowest BCUT2D eigenvalue weighted by Crippen LogP contribution is -2.14. The van der Waals surface area contributed by atoms with Crippen LogP contribution in [0.3, 0.4) is 0 Å². The van der Waals surface area contributed by atoms with E-state index < -0.39 is 0 Å². The lowest BCUT2D eigenvalue weighted by molar-refractivity contribution is 1.09.